The number of aromatic amines is 1. The number of nitrogens with one attached hydrogen (secondary N) is 2. The first-order chi connectivity index (χ1) is 10.8. The maximum atomic E-state index is 12.1. The minimum atomic E-state index is -0.121. The number of pyridine rings is 1. The molecule has 2 aromatic heterocycles. The highest BCUT2D eigenvalue weighted by Gasteiger charge is 2.15. The van der Waals surface area contributed by atoms with Crippen molar-refractivity contribution in [2.24, 2.45) is 5.92 Å². The lowest BCUT2D eigenvalue weighted by molar-refractivity contribution is 0.0514. The van der Waals surface area contributed by atoms with Gasteiger partial charge in [-0.1, -0.05) is 0 Å². The molecule has 0 aromatic carbocycles. The van der Waals surface area contributed by atoms with Crippen LogP contribution in [0.1, 0.15) is 29.8 Å². The Bertz CT molecular complexity index is 606. The van der Waals surface area contributed by atoms with Gasteiger partial charge in [-0.15, -0.1) is 0 Å². The Kier molecular flexibility index (Phi) is 4.80. The molecule has 2 aromatic rings. The number of carbonyl (C=O) groups excluding carboxylic acids is 1. The number of nitrogens with zero attached hydrogens (tertiary/aromatic N) is 2. The molecule has 0 saturated carbocycles. The van der Waals surface area contributed by atoms with Crippen molar-refractivity contribution in [1.29, 1.82) is 0 Å². The van der Waals surface area contributed by atoms with Crippen molar-refractivity contribution in [2.45, 2.75) is 19.3 Å². The number of hydrogen-bond donors (Lipinski definition) is 2. The number of rotatable bonds is 5. The van der Waals surface area contributed by atoms with Crippen LogP contribution >= 0.6 is 0 Å². The fourth-order valence-corrected chi connectivity index (χ4v) is 2.63. The number of hydrogen-bond acceptors (Lipinski definition) is 4. The van der Waals surface area contributed by atoms with E-state index in [4.69, 9.17) is 4.74 Å². The van der Waals surface area contributed by atoms with Gasteiger partial charge in [0.15, 0.2) is 0 Å². The van der Waals surface area contributed by atoms with Crippen LogP contribution in [0.25, 0.3) is 11.3 Å². The van der Waals surface area contributed by atoms with E-state index >= 15 is 0 Å². The summed E-state index contributed by atoms with van der Waals surface area (Å²) in [5, 5.41) is 9.89. The van der Waals surface area contributed by atoms with Crippen LogP contribution in [0.3, 0.4) is 0 Å². The van der Waals surface area contributed by atoms with Crippen LogP contribution in [0.4, 0.5) is 0 Å². The fourth-order valence-electron chi connectivity index (χ4n) is 2.63. The van der Waals surface area contributed by atoms with E-state index in [1.165, 1.54) is 6.42 Å². The summed E-state index contributed by atoms with van der Waals surface area (Å²) in [4.78, 5) is 16.1. The zero-order valence-electron chi connectivity index (χ0n) is 12.4. The summed E-state index contributed by atoms with van der Waals surface area (Å²) in [5.41, 5.74) is 2.16. The number of carbonyl (C=O) groups is 1. The molecule has 0 unspecified atom stereocenters. The van der Waals surface area contributed by atoms with Crippen molar-refractivity contribution in [2.75, 3.05) is 19.8 Å². The first-order valence-electron chi connectivity index (χ1n) is 7.64. The average molecular weight is 300 g/mol. The first kappa shape index (κ1) is 14.7. The van der Waals surface area contributed by atoms with Crippen molar-refractivity contribution in [3.63, 3.8) is 0 Å². The summed E-state index contributed by atoms with van der Waals surface area (Å²) in [6, 6.07) is 5.48. The van der Waals surface area contributed by atoms with Gasteiger partial charge >= 0.3 is 0 Å². The van der Waals surface area contributed by atoms with E-state index in [2.05, 4.69) is 20.5 Å². The van der Waals surface area contributed by atoms with E-state index < -0.39 is 0 Å². The van der Waals surface area contributed by atoms with Crippen molar-refractivity contribution >= 4 is 5.91 Å². The smallest absolute Gasteiger partial charge is 0.269 e. The molecule has 0 bridgehead atoms. The van der Waals surface area contributed by atoms with Crippen molar-refractivity contribution in [1.82, 2.24) is 20.5 Å². The van der Waals surface area contributed by atoms with Gasteiger partial charge in [0.25, 0.3) is 5.91 Å². The second kappa shape index (κ2) is 7.17. The SMILES string of the molecule is O=C(NCC[C@H]1CCCOC1)c1cc(-c2ccncc2)n[nH]1. The van der Waals surface area contributed by atoms with Crippen molar-refractivity contribution in [3.8, 4) is 11.3 Å². The summed E-state index contributed by atoms with van der Waals surface area (Å²) < 4.78 is 5.44. The summed E-state index contributed by atoms with van der Waals surface area (Å²) in [6.07, 6.45) is 6.67. The second-order valence-corrected chi connectivity index (χ2v) is 5.53. The first-order valence-corrected chi connectivity index (χ1v) is 7.64. The van der Waals surface area contributed by atoms with Gasteiger partial charge in [-0.2, -0.15) is 5.10 Å². The van der Waals surface area contributed by atoms with Crippen molar-refractivity contribution < 1.29 is 9.53 Å². The van der Waals surface area contributed by atoms with E-state index in [-0.39, 0.29) is 5.91 Å². The zero-order chi connectivity index (χ0) is 15.2. The largest absolute Gasteiger partial charge is 0.381 e. The predicted octanol–water partition coefficient (Wildman–Crippen LogP) is 2.02. The topological polar surface area (TPSA) is 79.9 Å². The van der Waals surface area contributed by atoms with Crippen LogP contribution in [0.15, 0.2) is 30.6 Å². The molecule has 1 fully saturated rings. The summed E-state index contributed by atoms with van der Waals surface area (Å²) in [6.45, 7) is 2.34. The number of H-pyrrole nitrogens is 1. The van der Waals surface area contributed by atoms with E-state index in [0.717, 1.165) is 37.3 Å². The molecule has 1 aliphatic heterocycles. The quantitative estimate of drug-likeness (QED) is 0.885. The van der Waals surface area contributed by atoms with Crippen LogP contribution in [0, 0.1) is 5.92 Å². The molecule has 0 radical (unpaired) electrons. The van der Waals surface area contributed by atoms with Crippen LogP contribution < -0.4 is 5.32 Å². The lowest BCUT2D eigenvalue weighted by Gasteiger charge is -2.21. The van der Waals surface area contributed by atoms with E-state index in [1.54, 1.807) is 18.5 Å². The van der Waals surface area contributed by atoms with Crippen molar-refractivity contribution in [3.05, 3.63) is 36.3 Å². The molecule has 22 heavy (non-hydrogen) atoms. The van der Waals surface area contributed by atoms with Crippen LogP contribution in [-0.4, -0.2) is 40.8 Å². The van der Waals surface area contributed by atoms with Crippen LogP contribution in [0.5, 0.6) is 0 Å². The molecule has 1 aliphatic rings. The average Bonchev–Trinajstić information content (AvgIpc) is 3.07. The molecule has 0 spiro atoms. The van der Waals surface area contributed by atoms with Gasteiger partial charge in [0.05, 0.1) is 5.69 Å². The molecule has 2 N–H and O–H groups in total. The van der Waals surface area contributed by atoms with Gasteiger partial charge in [0, 0.05) is 37.7 Å². The molecular formula is C16H20N4O2. The van der Waals surface area contributed by atoms with E-state index in [0.29, 0.717) is 18.2 Å². The number of ether oxygens (including phenoxy) is 1. The van der Waals surface area contributed by atoms with E-state index in [1.807, 2.05) is 12.1 Å². The Hall–Kier alpha value is -2.21. The molecule has 3 rings (SSSR count). The molecule has 3 heterocycles. The maximum absolute atomic E-state index is 12.1. The monoisotopic (exact) mass is 300 g/mol. The summed E-state index contributed by atoms with van der Waals surface area (Å²) in [7, 11) is 0. The third-order valence-electron chi connectivity index (χ3n) is 3.89. The third kappa shape index (κ3) is 3.71. The van der Waals surface area contributed by atoms with Crippen LogP contribution in [-0.2, 0) is 4.74 Å². The lowest BCUT2D eigenvalue weighted by atomic mass is 9.99. The minimum absolute atomic E-state index is 0.121. The normalized spacial score (nSPS) is 18.1. The minimum Gasteiger partial charge on any atom is -0.381 e. The van der Waals surface area contributed by atoms with Gasteiger partial charge in [-0.3, -0.25) is 14.9 Å². The summed E-state index contributed by atoms with van der Waals surface area (Å²) >= 11 is 0. The second-order valence-electron chi connectivity index (χ2n) is 5.53. The Balaban J connectivity index is 1.51. The standard InChI is InChI=1S/C16H20N4O2/c21-16(18-8-3-12-2-1-9-22-11-12)15-10-14(19-20-15)13-4-6-17-7-5-13/h4-7,10,12H,1-3,8-9,11H2,(H,18,21)(H,19,20)/t12-/m1/s1. The molecule has 0 aliphatic carbocycles. The van der Waals surface area contributed by atoms with Gasteiger partial charge in [-0.25, -0.2) is 0 Å². The highest BCUT2D eigenvalue weighted by atomic mass is 16.5. The predicted molar refractivity (Wildman–Crippen MR) is 82.3 cm³/mol. The lowest BCUT2D eigenvalue weighted by Crippen LogP contribution is -2.28. The van der Waals surface area contributed by atoms with Gasteiger partial charge in [-0.05, 0) is 43.4 Å². The molecule has 1 atom stereocenters. The molecule has 6 heteroatoms. The van der Waals surface area contributed by atoms with E-state index in [9.17, 15) is 4.79 Å². The summed E-state index contributed by atoms with van der Waals surface area (Å²) in [5.74, 6) is 0.438. The Morgan fingerprint density at radius 3 is 3.05 bits per heavy atom. The third-order valence-corrected chi connectivity index (χ3v) is 3.89. The molecule has 1 saturated heterocycles. The zero-order valence-corrected chi connectivity index (χ0v) is 12.4. The Labute approximate surface area is 129 Å². The molecule has 116 valence electrons. The molecular weight excluding hydrogens is 280 g/mol. The van der Waals surface area contributed by atoms with Gasteiger partial charge in [0.2, 0.25) is 0 Å². The Morgan fingerprint density at radius 1 is 1.41 bits per heavy atom. The fraction of sp³-hybridized carbons (Fsp3) is 0.438. The van der Waals surface area contributed by atoms with Gasteiger partial charge < -0.3 is 10.1 Å². The molecule has 1 amide bonds. The number of amides is 1. The maximum Gasteiger partial charge on any atom is 0.269 e. The Morgan fingerprint density at radius 2 is 2.27 bits per heavy atom. The molecule has 6 nitrogen and oxygen atoms in total. The highest BCUT2D eigenvalue weighted by Crippen LogP contribution is 2.17. The van der Waals surface area contributed by atoms with Gasteiger partial charge in [0.1, 0.15) is 5.69 Å². The number of aromatic nitrogens is 3. The highest BCUT2D eigenvalue weighted by molar-refractivity contribution is 5.93. The van der Waals surface area contributed by atoms with Crippen LogP contribution in [0.2, 0.25) is 0 Å².